The summed E-state index contributed by atoms with van der Waals surface area (Å²) < 4.78 is 2.02. The summed E-state index contributed by atoms with van der Waals surface area (Å²) in [6.45, 7) is 10.6. The normalized spacial score (nSPS) is 16.7. The first-order valence-corrected chi connectivity index (χ1v) is 9.47. The molecule has 7 nitrogen and oxygen atoms in total. The molecule has 0 bridgehead atoms. The van der Waals surface area contributed by atoms with E-state index in [1.165, 1.54) is 0 Å². The molecule has 0 aliphatic carbocycles. The van der Waals surface area contributed by atoms with Crippen LogP contribution in [0.25, 0.3) is 5.65 Å². The van der Waals surface area contributed by atoms with Gasteiger partial charge in [0.1, 0.15) is 5.82 Å². The molecule has 3 rings (SSSR count). The Bertz CT molecular complexity index is 728. The van der Waals surface area contributed by atoms with Crippen LogP contribution in [0.4, 0.5) is 0 Å². The SMILES string of the molecule is C=CCN1CCC(NC(=NCCc2nnc3ccccn23)NCC)CC1. The van der Waals surface area contributed by atoms with E-state index < -0.39 is 0 Å². The van der Waals surface area contributed by atoms with Gasteiger partial charge in [-0.15, -0.1) is 16.8 Å². The molecule has 0 radical (unpaired) electrons. The number of rotatable bonds is 7. The summed E-state index contributed by atoms with van der Waals surface area (Å²) in [5.74, 6) is 1.83. The maximum absolute atomic E-state index is 4.73. The number of nitrogens with zero attached hydrogens (tertiary/aromatic N) is 5. The van der Waals surface area contributed by atoms with Gasteiger partial charge >= 0.3 is 0 Å². The number of aliphatic imine (C=N–C) groups is 1. The molecule has 0 amide bonds. The van der Waals surface area contributed by atoms with Gasteiger partial charge in [0.25, 0.3) is 0 Å². The number of likely N-dealkylation sites (tertiary alicyclic amines) is 1. The molecule has 0 unspecified atom stereocenters. The quantitative estimate of drug-likeness (QED) is 0.447. The number of pyridine rings is 1. The molecule has 2 aromatic heterocycles. The predicted octanol–water partition coefficient (Wildman–Crippen LogP) is 1.48. The number of piperidine rings is 1. The van der Waals surface area contributed by atoms with E-state index in [-0.39, 0.29) is 0 Å². The molecule has 2 N–H and O–H groups in total. The van der Waals surface area contributed by atoms with Crippen LogP contribution in [-0.2, 0) is 6.42 Å². The number of hydrogen-bond acceptors (Lipinski definition) is 4. The highest BCUT2D eigenvalue weighted by atomic mass is 15.2. The van der Waals surface area contributed by atoms with Crippen LogP contribution in [-0.4, -0.2) is 64.2 Å². The van der Waals surface area contributed by atoms with Crippen molar-refractivity contribution < 1.29 is 0 Å². The van der Waals surface area contributed by atoms with Crippen LogP contribution in [0.15, 0.2) is 42.0 Å². The van der Waals surface area contributed by atoms with Gasteiger partial charge in [0, 0.05) is 51.4 Å². The van der Waals surface area contributed by atoms with E-state index in [1.807, 2.05) is 34.9 Å². The van der Waals surface area contributed by atoms with Crippen molar-refractivity contribution in [3.8, 4) is 0 Å². The minimum Gasteiger partial charge on any atom is -0.357 e. The van der Waals surface area contributed by atoms with E-state index in [9.17, 15) is 0 Å². The second-order valence-corrected chi connectivity index (χ2v) is 6.56. The third-order valence-corrected chi connectivity index (χ3v) is 4.65. The molecule has 140 valence electrons. The molecule has 1 aliphatic rings. The van der Waals surface area contributed by atoms with Crippen LogP contribution in [0.3, 0.4) is 0 Å². The Kier molecular flexibility index (Phi) is 6.60. The van der Waals surface area contributed by atoms with Gasteiger partial charge in [-0.05, 0) is 31.9 Å². The number of guanidine groups is 1. The monoisotopic (exact) mass is 355 g/mol. The average molecular weight is 355 g/mol. The molecule has 1 fully saturated rings. The van der Waals surface area contributed by atoms with Crippen molar-refractivity contribution >= 4 is 11.6 Å². The summed E-state index contributed by atoms with van der Waals surface area (Å²) in [6, 6.07) is 6.40. The first kappa shape index (κ1) is 18.4. The van der Waals surface area contributed by atoms with Crippen LogP contribution in [0.1, 0.15) is 25.6 Å². The highest BCUT2D eigenvalue weighted by molar-refractivity contribution is 5.80. The van der Waals surface area contributed by atoms with Crippen molar-refractivity contribution in [2.24, 2.45) is 4.99 Å². The van der Waals surface area contributed by atoms with Crippen LogP contribution in [0.2, 0.25) is 0 Å². The molecule has 26 heavy (non-hydrogen) atoms. The lowest BCUT2D eigenvalue weighted by Gasteiger charge is -2.32. The molecular formula is C19H29N7. The van der Waals surface area contributed by atoms with E-state index in [0.717, 1.165) is 62.9 Å². The van der Waals surface area contributed by atoms with Gasteiger partial charge in [-0.25, -0.2) is 0 Å². The molecule has 0 atom stereocenters. The lowest BCUT2D eigenvalue weighted by molar-refractivity contribution is 0.225. The van der Waals surface area contributed by atoms with E-state index in [0.29, 0.717) is 12.6 Å². The van der Waals surface area contributed by atoms with Gasteiger partial charge in [-0.2, -0.15) is 0 Å². The second-order valence-electron chi connectivity index (χ2n) is 6.56. The largest absolute Gasteiger partial charge is 0.357 e. The molecular weight excluding hydrogens is 326 g/mol. The minimum atomic E-state index is 0.475. The highest BCUT2D eigenvalue weighted by Gasteiger charge is 2.19. The van der Waals surface area contributed by atoms with Crippen molar-refractivity contribution in [1.29, 1.82) is 0 Å². The minimum absolute atomic E-state index is 0.475. The fourth-order valence-electron chi connectivity index (χ4n) is 3.28. The summed E-state index contributed by atoms with van der Waals surface area (Å²) in [5.41, 5.74) is 0.878. The van der Waals surface area contributed by atoms with Crippen molar-refractivity contribution in [2.45, 2.75) is 32.2 Å². The van der Waals surface area contributed by atoms with Crippen molar-refractivity contribution in [3.05, 3.63) is 42.9 Å². The summed E-state index contributed by atoms with van der Waals surface area (Å²) in [5, 5.41) is 15.4. The first-order valence-electron chi connectivity index (χ1n) is 9.47. The number of nitrogens with one attached hydrogen (secondary N) is 2. The average Bonchev–Trinajstić information content (AvgIpc) is 3.07. The van der Waals surface area contributed by atoms with Crippen LogP contribution < -0.4 is 10.6 Å². The Hall–Kier alpha value is -2.41. The van der Waals surface area contributed by atoms with Gasteiger partial charge in [0.05, 0.1) is 0 Å². The lowest BCUT2D eigenvalue weighted by Crippen LogP contribution is -2.48. The Balaban J connectivity index is 1.53. The van der Waals surface area contributed by atoms with Gasteiger partial charge in [-0.3, -0.25) is 14.3 Å². The fourth-order valence-corrected chi connectivity index (χ4v) is 3.28. The summed E-state index contributed by atoms with van der Waals surface area (Å²) in [6.07, 6.45) is 7.00. The van der Waals surface area contributed by atoms with E-state index in [1.54, 1.807) is 0 Å². The van der Waals surface area contributed by atoms with Crippen LogP contribution in [0.5, 0.6) is 0 Å². The summed E-state index contributed by atoms with van der Waals surface area (Å²) >= 11 is 0. The van der Waals surface area contributed by atoms with Crippen molar-refractivity contribution in [3.63, 3.8) is 0 Å². The van der Waals surface area contributed by atoms with Gasteiger partial charge in [-0.1, -0.05) is 12.1 Å². The zero-order valence-corrected chi connectivity index (χ0v) is 15.6. The van der Waals surface area contributed by atoms with E-state index in [4.69, 9.17) is 4.99 Å². The van der Waals surface area contributed by atoms with Crippen LogP contribution >= 0.6 is 0 Å². The Morgan fingerprint density at radius 1 is 1.35 bits per heavy atom. The Labute approximate surface area is 155 Å². The smallest absolute Gasteiger partial charge is 0.191 e. The number of fused-ring (bicyclic) bond motifs is 1. The van der Waals surface area contributed by atoms with Gasteiger partial charge < -0.3 is 10.6 Å². The molecule has 1 saturated heterocycles. The highest BCUT2D eigenvalue weighted by Crippen LogP contribution is 2.10. The molecule has 2 aromatic rings. The van der Waals surface area contributed by atoms with Crippen LogP contribution in [0, 0.1) is 0 Å². The molecule has 1 aliphatic heterocycles. The Morgan fingerprint density at radius 3 is 2.96 bits per heavy atom. The van der Waals surface area contributed by atoms with Gasteiger partial charge in [0.15, 0.2) is 11.6 Å². The Morgan fingerprint density at radius 2 is 2.19 bits per heavy atom. The van der Waals surface area contributed by atoms with Crippen molar-refractivity contribution in [2.75, 3.05) is 32.7 Å². The number of hydrogen-bond donors (Lipinski definition) is 2. The molecule has 0 spiro atoms. The maximum atomic E-state index is 4.73. The standard InChI is InChI=1S/C19H29N7/c1-3-12-25-14-9-16(10-15-25)22-19(20-4-2)21-11-8-18-24-23-17-7-5-6-13-26(17)18/h3,5-7,13,16H,1,4,8-12,14-15H2,2H3,(H2,20,21,22). The predicted molar refractivity (Wildman–Crippen MR) is 105 cm³/mol. The first-order chi connectivity index (χ1) is 12.8. The summed E-state index contributed by atoms with van der Waals surface area (Å²) in [4.78, 5) is 7.16. The molecule has 0 saturated carbocycles. The molecule has 7 heteroatoms. The summed E-state index contributed by atoms with van der Waals surface area (Å²) in [7, 11) is 0. The van der Waals surface area contributed by atoms with Gasteiger partial charge in [0.2, 0.25) is 0 Å². The molecule has 3 heterocycles. The zero-order chi connectivity index (χ0) is 18.2. The van der Waals surface area contributed by atoms with Crippen molar-refractivity contribution in [1.82, 2.24) is 30.1 Å². The topological polar surface area (TPSA) is 69.8 Å². The zero-order valence-electron chi connectivity index (χ0n) is 15.6. The van der Waals surface area contributed by atoms with E-state index >= 15 is 0 Å². The molecule has 0 aromatic carbocycles. The third kappa shape index (κ3) is 4.82. The second kappa shape index (κ2) is 9.33. The maximum Gasteiger partial charge on any atom is 0.191 e. The lowest BCUT2D eigenvalue weighted by atomic mass is 10.1. The van der Waals surface area contributed by atoms with E-state index in [2.05, 4.69) is 39.2 Å². The fraction of sp³-hybridized carbons (Fsp3) is 0.526. The number of aromatic nitrogens is 3. The third-order valence-electron chi connectivity index (χ3n) is 4.65.